The Bertz CT molecular complexity index is 170. The normalized spacial score (nSPS) is 32.0. The summed E-state index contributed by atoms with van der Waals surface area (Å²) in [5.41, 5.74) is 0.550. The Labute approximate surface area is 62.1 Å². The molecule has 0 amide bonds. The Balaban J connectivity index is 2.68. The zero-order valence-corrected chi connectivity index (χ0v) is 6.43. The first kappa shape index (κ1) is 7.55. The number of aliphatic hydroxyl groups is 1. The molecule has 0 radical (unpaired) electrons. The van der Waals surface area contributed by atoms with Gasteiger partial charge < -0.3 is 5.11 Å². The summed E-state index contributed by atoms with van der Waals surface area (Å²) in [4.78, 5) is 0. The minimum atomic E-state index is -0.554. The predicted octanol–water partition coefficient (Wildman–Crippen LogP) is 2.03. The van der Waals surface area contributed by atoms with E-state index in [1.165, 1.54) is 0 Å². The van der Waals surface area contributed by atoms with Gasteiger partial charge in [0.25, 0.3) is 0 Å². The monoisotopic (exact) mass is 138 g/mol. The van der Waals surface area contributed by atoms with Crippen molar-refractivity contribution in [1.82, 2.24) is 0 Å². The largest absolute Gasteiger partial charge is 0.385 e. The quantitative estimate of drug-likeness (QED) is 0.579. The van der Waals surface area contributed by atoms with Crippen LogP contribution in [0.2, 0.25) is 0 Å². The lowest BCUT2D eigenvalue weighted by Gasteiger charge is -2.22. The summed E-state index contributed by atoms with van der Waals surface area (Å²) in [7, 11) is 0. The van der Waals surface area contributed by atoms with Crippen molar-refractivity contribution in [1.29, 1.82) is 0 Å². The van der Waals surface area contributed by atoms with Gasteiger partial charge in [-0.05, 0) is 31.8 Å². The zero-order chi connectivity index (χ0) is 7.61. The van der Waals surface area contributed by atoms with Crippen LogP contribution in [0, 0.1) is 0 Å². The molecular weight excluding hydrogens is 124 g/mol. The Kier molecular flexibility index (Phi) is 1.95. The summed E-state index contributed by atoms with van der Waals surface area (Å²) in [5.74, 6) is 0. The predicted molar refractivity (Wildman–Crippen MR) is 42.8 cm³/mol. The van der Waals surface area contributed by atoms with E-state index in [1.807, 2.05) is 6.92 Å². The van der Waals surface area contributed by atoms with Crippen LogP contribution in [0.4, 0.5) is 0 Å². The van der Waals surface area contributed by atoms with Gasteiger partial charge in [-0.15, -0.1) is 6.58 Å². The number of hydrogen-bond donors (Lipinski definition) is 1. The topological polar surface area (TPSA) is 20.2 Å². The Morgan fingerprint density at radius 2 is 2.60 bits per heavy atom. The highest BCUT2D eigenvalue weighted by Crippen LogP contribution is 2.32. The highest BCUT2D eigenvalue weighted by molar-refractivity contribution is 5.21. The van der Waals surface area contributed by atoms with E-state index >= 15 is 0 Å². The first-order valence-electron chi connectivity index (χ1n) is 3.69. The molecule has 1 aliphatic carbocycles. The highest BCUT2D eigenvalue weighted by atomic mass is 16.3. The lowest BCUT2D eigenvalue weighted by atomic mass is 9.93. The molecule has 10 heavy (non-hydrogen) atoms. The standard InChI is InChI=1S/C9H14O/c1-3-6-9(10)7-4-5-8(9)2/h3,5,10H,1,4,6-7H2,2H3. The van der Waals surface area contributed by atoms with Gasteiger partial charge in [0.1, 0.15) is 0 Å². The zero-order valence-electron chi connectivity index (χ0n) is 6.43. The number of hydrogen-bond acceptors (Lipinski definition) is 1. The molecule has 1 N–H and O–H groups in total. The molecule has 0 aromatic rings. The molecule has 0 aliphatic heterocycles. The van der Waals surface area contributed by atoms with Crippen LogP contribution in [0.3, 0.4) is 0 Å². The minimum absolute atomic E-state index is 0.554. The Hall–Kier alpha value is -0.560. The van der Waals surface area contributed by atoms with E-state index in [2.05, 4.69) is 12.7 Å². The Morgan fingerprint density at radius 1 is 1.90 bits per heavy atom. The van der Waals surface area contributed by atoms with Gasteiger partial charge in [-0.1, -0.05) is 12.2 Å². The van der Waals surface area contributed by atoms with Crippen molar-refractivity contribution in [2.24, 2.45) is 0 Å². The molecule has 1 heteroatoms. The summed E-state index contributed by atoms with van der Waals surface area (Å²) in [5, 5.41) is 9.82. The summed E-state index contributed by atoms with van der Waals surface area (Å²) in [6, 6.07) is 0. The maximum Gasteiger partial charge on any atom is 0.0891 e. The van der Waals surface area contributed by atoms with Gasteiger partial charge in [0.2, 0.25) is 0 Å². The lowest BCUT2D eigenvalue weighted by Crippen LogP contribution is -2.25. The summed E-state index contributed by atoms with van der Waals surface area (Å²) < 4.78 is 0. The molecule has 0 aromatic carbocycles. The van der Waals surface area contributed by atoms with Gasteiger partial charge in [-0.2, -0.15) is 0 Å². The van der Waals surface area contributed by atoms with Crippen molar-refractivity contribution in [2.45, 2.75) is 31.8 Å². The smallest absolute Gasteiger partial charge is 0.0891 e. The van der Waals surface area contributed by atoms with E-state index < -0.39 is 5.60 Å². The molecule has 1 unspecified atom stereocenters. The van der Waals surface area contributed by atoms with Crippen molar-refractivity contribution in [3.8, 4) is 0 Å². The average Bonchev–Trinajstić information content (AvgIpc) is 2.15. The van der Waals surface area contributed by atoms with E-state index in [1.54, 1.807) is 6.08 Å². The maximum absolute atomic E-state index is 9.82. The molecule has 0 aromatic heterocycles. The van der Waals surface area contributed by atoms with E-state index in [0.717, 1.165) is 18.4 Å². The highest BCUT2D eigenvalue weighted by Gasteiger charge is 2.30. The first-order valence-corrected chi connectivity index (χ1v) is 3.69. The van der Waals surface area contributed by atoms with Crippen LogP contribution < -0.4 is 0 Å². The van der Waals surface area contributed by atoms with Crippen LogP contribution in [0.1, 0.15) is 26.2 Å². The minimum Gasteiger partial charge on any atom is -0.385 e. The van der Waals surface area contributed by atoms with Gasteiger partial charge in [0, 0.05) is 0 Å². The maximum atomic E-state index is 9.82. The number of allylic oxidation sites excluding steroid dienone is 1. The molecular formula is C9H14O. The van der Waals surface area contributed by atoms with E-state index in [4.69, 9.17) is 0 Å². The second-order valence-electron chi connectivity index (χ2n) is 2.95. The van der Waals surface area contributed by atoms with Gasteiger partial charge in [-0.3, -0.25) is 0 Å². The first-order chi connectivity index (χ1) is 4.69. The molecule has 0 spiro atoms. The van der Waals surface area contributed by atoms with Crippen molar-refractivity contribution in [3.05, 3.63) is 24.3 Å². The molecule has 1 rings (SSSR count). The summed E-state index contributed by atoms with van der Waals surface area (Å²) in [6.45, 7) is 5.60. The molecule has 1 nitrogen and oxygen atoms in total. The van der Waals surface area contributed by atoms with Gasteiger partial charge in [0.15, 0.2) is 0 Å². The second kappa shape index (κ2) is 2.59. The molecule has 1 atom stereocenters. The third-order valence-corrected chi connectivity index (χ3v) is 2.22. The third-order valence-electron chi connectivity index (χ3n) is 2.22. The van der Waals surface area contributed by atoms with Crippen LogP contribution in [0.25, 0.3) is 0 Å². The third kappa shape index (κ3) is 1.14. The van der Waals surface area contributed by atoms with Crippen molar-refractivity contribution >= 4 is 0 Å². The van der Waals surface area contributed by atoms with Crippen LogP contribution in [-0.4, -0.2) is 10.7 Å². The molecule has 0 heterocycles. The fourth-order valence-electron chi connectivity index (χ4n) is 1.42. The van der Waals surface area contributed by atoms with Gasteiger partial charge in [-0.25, -0.2) is 0 Å². The molecule has 0 saturated heterocycles. The molecule has 0 saturated carbocycles. The lowest BCUT2D eigenvalue weighted by molar-refractivity contribution is 0.0827. The molecule has 1 aliphatic rings. The average molecular weight is 138 g/mol. The van der Waals surface area contributed by atoms with Crippen molar-refractivity contribution in [3.63, 3.8) is 0 Å². The fourth-order valence-corrected chi connectivity index (χ4v) is 1.42. The Morgan fingerprint density at radius 3 is 3.00 bits per heavy atom. The SMILES string of the molecule is C=CCC1(O)CCC=C1C. The van der Waals surface area contributed by atoms with Crippen LogP contribution in [-0.2, 0) is 0 Å². The van der Waals surface area contributed by atoms with E-state index in [9.17, 15) is 5.11 Å². The number of rotatable bonds is 2. The fraction of sp³-hybridized carbons (Fsp3) is 0.556. The van der Waals surface area contributed by atoms with E-state index in [0.29, 0.717) is 6.42 Å². The van der Waals surface area contributed by atoms with Gasteiger partial charge >= 0.3 is 0 Å². The van der Waals surface area contributed by atoms with Crippen LogP contribution in [0.5, 0.6) is 0 Å². The summed E-state index contributed by atoms with van der Waals surface area (Å²) in [6.07, 6.45) is 6.45. The van der Waals surface area contributed by atoms with Crippen LogP contribution >= 0.6 is 0 Å². The second-order valence-corrected chi connectivity index (χ2v) is 2.95. The molecule has 0 bridgehead atoms. The molecule has 56 valence electrons. The van der Waals surface area contributed by atoms with Crippen molar-refractivity contribution < 1.29 is 5.11 Å². The van der Waals surface area contributed by atoms with Gasteiger partial charge in [0.05, 0.1) is 5.60 Å². The molecule has 0 fully saturated rings. The van der Waals surface area contributed by atoms with Crippen LogP contribution in [0.15, 0.2) is 24.3 Å². The van der Waals surface area contributed by atoms with Crippen molar-refractivity contribution in [2.75, 3.05) is 0 Å². The van der Waals surface area contributed by atoms with E-state index in [-0.39, 0.29) is 0 Å². The summed E-state index contributed by atoms with van der Waals surface area (Å²) >= 11 is 0.